The summed E-state index contributed by atoms with van der Waals surface area (Å²) in [5, 5.41) is 19.5. The molecular formula is C5H13N3O3. The largest absolute Gasteiger partial charge is 0.394 e. The van der Waals surface area contributed by atoms with Crippen LogP contribution in [0.2, 0.25) is 0 Å². The number of hydrogen-bond donors (Lipinski definition) is 5. The van der Waals surface area contributed by atoms with Crippen LogP contribution in [0.15, 0.2) is 0 Å². The van der Waals surface area contributed by atoms with E-state index >= 15 is 0 Å². The van der Waals surface area contributed by atoms with Crippen LogP contribution in [0, 0.1) is 0 Å². The van der Waals surface area contributed by atoms with Gasteiger partial charge in [0.15, 0.2) is 0 Å². The van der Waals surface area contributed by atoms with Crippen molar-refractivity contribution in [3.63, 3.8) is 0 Å². The number of rotatable bonds is 4. The zero-order valence-corrected chi connectivity index (χ0v) is 6.03. The molecule has 6 heteroatoms. The first kappa shape index (κ1) is 10.3. The van der Waals surface area contributed by atoms with Gasteiger partial charge in [-0.3, -0.25) is 4.79 Å². The summed E-state index contributed by atoms with van der Waals surface area (Å²) in [5.74, 6) is -0.464. The van der Waals surface area contributed by atoms with Gasteiger partial charge in [-0.2, -0.15) is 0 Å². The summed E-state index contributed by atoms with van der Waals surface area (Å²) in [4.78, 5) is 10.6. The van der Waals surface area contributed by atoms with Crippen LogP contribution in [0.1, 0.15) is 0 Å². The van der Waals surface area contributed by atoms with Gasteiger partial charge in [0, 0.05) is 0 Å². The van der Waals surface area contributed by atoms with Crippen molar-refractivity contribution in [1.29, 1.82) is 0 Å². The molecule has 0 saturated heterocycles. The zero-order valence-electron chi connectivity index (χ0n) is 6.03. The van der Waals surface area contributed by atoms with Gasteiger partial charge in [-0.05, 0) is 0 Å². The minimum atomic E-state index is -1.27. The molecule has 66 valence electrons. The van der Waals surface area contributed by atoms with Crippen molar-refractivity contribution < 1.29 is 15.0 Å². The molecule has 2 atom stereocenters. The lowest BCUT2D eigenvalue weighted by atomic mass is 10.3. The van der Waals surface area contributed by atoms with E-state index < -0.39 is 24.8 Å². The molecule has 0 aromatic heterocycles. The zero-order chi connectivity index (χ0) is 8.85. The number of nitrogens with two attached hydrogens (primary N) is 2. The van der Waals surface area contributed by atoms with Crippen LogP contribution in [0.4, 0.5) is 0 Å². The molecule has 0 aliphatic rings. The van der Waals surface area contributed by atoms with Gasteiger partial charge >= 0.3 is 0 Å². The maximum Gasteiger partial charge on any atom is 0.234 e. The number of aliphatic hydroxyl groups is 2. The molecule has 6 nitrogen and oxygen atoms in total. The molecule has 0 spiro atoms. The van der Waals surface area contributed by atoms with E-state index in [1.807, 2.05) is 0 Å². The van der Waals surface area contributed by atoms with Gasteiger partial charge < -0.3 is 27.0 Å². The van der Waals surface area contributed by atoms with Crippen LogP contribution in [0.25, 0.3) is 0 Å². The van der Waals surface area contributed by atoms with Crippen molar-refractivity contribution in [1.82, 2.24) is 5.32 Å². The predicted octanol–water partition coefficient (Wildman–Crippen LogP) is -3.30. The first-order chi connectivity index (χ1) is 5.11. The summed E-state index contributed by atoms with van der Waals surface area (Å²) >= 11 is 0. The number of carbonyl (C=O) groups is 1. The fourth-order valence-corrected chi connectivity index (χ4v) is 0.505. The summed E-state index contributed by atoms with van der Waals surface area (Å²) in [6.07, 6.45) is -1.27. The van der Waals surface area contributed by atoms with Crippen molar-refractivity contribution in [2.45, 2.75) is 12.3 Å². The maximum absolute atomic E-state index is 10.6. The monoisotopic (exact) mass is 163 g/mol. The van der Waals surface area contributed by atoms with Crippen molar-refractivity contribution in [2.75, 3.05) is 13.2 Å². The van der Waals surface area contributed by atoms with E-state index in [0.29, 0.717) is 0 Å². The summed E-state index contributed by atoms with van der Waals surface area (Å²) in [6.45, 7) is -0.605. The molecule has 0 aliphatic heterocycles. The van der Waals surface area contributed by atoms with Crippen LogP contribution in [0.3, 0.4) is 0 Å². The standard InChI is InChI=1S/C5H13N3O3/c6-1-4(10)8-3(2-9)5(7)11/h3,5,9,11H,1-2,6-7H2,(H,8,10). The molecular weight excluding hydrogens is 150 g/mol. The highest BCUT2D eigenvalue weighted by atomic mass is 16.3. The highest BCUT2D eigenvalue weighted by Gasteiger charge is 2.15. The van der Waals surface area contributed by atoms with Crippen molar-refractivity contribution in [3.05, 3.63) is 0 Å². The minimum absolute atomic E-state index is 0.191. The molecule has 0 radical (unpaired) electrons. The smallest absolute Gasteiger partial charge is 0.234 e. The summed E-state index contributed by atoms with van der Waals surface area (Å²) in [5.41, 5.74) is 9.95. The summed E-state index contributed by atoms with van der Waals surface area (Å²) < 4.78 is 0. The molecule has 1 amide bonds. The van der Waals surface area contributed by atoms with Gasteiger partial charge in [-0.1, -0.05) is 0 Å². The van der Waals surface area contributed by atoms with Crippen molar-refractivity contribution in [3.8, 4) is 0 Å². The third-order valence-corrected chi connectivity index (χ3v) is 1.14. The second-order valence-electron chi connectivity index (χ2n) is 2.05. The number of hydrogen-bond acceptors (Lipinski definition) is 5. The second-order valence-corrected chi connectivity index (χ2v) is 2.05. The van der Waals surface area contributed by atoms with Crippen LogP contribution in [0.5, 0.6) is 0 Å². The topological polar surface area (TPSA) is 122 Å². The van der Waals surface area contributed by atoms with Crippen molar-refractivity contribution in [2.24, 2.45) is 11.5 Å². The quantitative estimate of drug-likeness (QED) is 0.278. The molecule has 7 N–H and O–H groups in total. The maximum atomic E-state index is 10.6. The Bertz CT molecular complexity index is 128. The molecule has 11 heavy (non-hydrogen) atoms. The molecule has 0 fully saturated rings. The third-order valence-electron chi connectivity index (χ3n) is 1.14. The molecule has 2 unspecified atom stereocenters. The number of carbonyl (C=O) groups excluding carboxylic acids is 1. The Kier molecular flexibility index (Phi) is 4.71. The molecule has 0 aromatic carbocycles. The van der Waals surface area contributed by atoms with Gasteiger partial charge in [0.2, 0.25) is 5.91 Å². The van der Waals surface area contributed by atoms with Crippen molar-refractivity contribution >= 4 is 5.91 Å². The minimum Gasteiger partial charge on any atom is -0.394 e. The number of nitrogens with one attached hydrogen (secondary N) is 1. The average Bonchev–Trinajstić information content (AvgIpc) is 1.99. The Labute approximate surface area is 64.2 Å². The van der Waals surface area contributed by atoms with Crippen LogP contribution >= 0.6 is 0 Å². The fourth-order valence-electron chi connectivity index (χ4n) is 0.505. The fraction of sp³-hybridized carbons (Fsp3) is 0.800. The van der Waals surface area contributed by atoms with Crippen LogP contribution in [-0.2, 0) is 4.79 Å². The van der Waals surface area contributed by atoms with Gasteiger partial charge in [-0.15, -0.1) is 0 Å². The predicted molar refractivity (Wildman–Crippen MR) is 38.3 cm³/mol. The Morgan fingerprint density at radius 2 is 2.18 bits per heavy atom. The second kappa shape index (κ2) is 5.03. The molecule has 0 saturated carbocycles. The van der Waals surface area contributed by atoms with E-state index in [-0.39, 0.29) is 6.54 Å². The van der Waals surface area contributed by atoms with E-state index in [1.165, 1.54) is 0 Å². The molecule has 0 aliphatic carbocycles. The normalized spacial score (nSPS) is 15.6. The first-order valence-corrected chi connectivity index (χ1v) is 3.15. The lowest BCUT2D eigenvalue weighted by Gasteiger charge is -2.17. The molecule has 0 bridgehead atoms. The Balaban J connectivity index is 3.78. The van der Waals surface area contributed by atoms with E-state index in [1.54, 1.807) is 0 Å². The molecule has 0 rings (SSSR count). The van der Waals surface area contributed by atoms with Crippen LogP contribution < -0.4 is 16.8 Å². The Hall–Kier alpha value is -0.690. The van der Waals surface area contributed by atoms with Crippen LogP contribution in [-0.4, -0.2) is 41.5 Å². The number of aliphatic hydroxyl groups excluding tert-OH is 2. The Morgan fingerprint density at radius 3 is 2.45 bits per heavy atom. The lowest BCUT2D eigenvalue weighted by molar-refractivity contribution is -0.121. The third kappa shape index (κ3) is 3.89. The summed E-state index contributed by atoms with van der Waals surface area (Å²) in [6, 6.07) is -0.842. The highest BCUT2D eigenvalue weighted by molar-refractivity contribution is 5.78. The van der Waals surface area contributed by atoms with E-state index in [9.17, 15) is 4.79 Å². The van der Waals surface area contributed by atoms with E-state index in [0.717, 1.165) is 0 Å². The van der Waals surface area contributed by atoms with E-state index in [2.05, 4.69) is 5.32 Å². The Morgan fingerprint density at radius 1 is 1.64 bits per heavy atom. The molecule has 0 aromatic rings. The SMILES string of the molecule is NCC(=O)NC(CO)C(N)O. The highest BCUT2D eigenvalue weighted by Crippen LogP contribution is 1.84. The lowest BCUT2D eigenvalue weighted by Crippen LogP contribution is -2.51. The van der Waals surface area contributed by atoms with Gasteiger partial charge in [0.25, 0.3) is 0 Å². The molecule has 0 heterocycles. The number of amides is 1. The average molecular weight is 163 g/mol. The first-order valence-electron chi connectivity index (χ1n) is 3.15. The van der Waals surface area contributed by atoms with Gasteiger partial charge in [0.1, 0.15) is 6.23 Å². The van der Waals surface area contributed by atoms with Gasteiger partial charge in [-0.25, -0.2) is 0 Å². The van der Waals surface area contributed by atoms with Gasteiger partial charge in [0.05, 0.1) is 19.2 Å². The van der Waals surface area contributed by atoms with E-state index in [4.69, 9.17) is 21.7 Å². The summed E-state index contributed by atoms with van der Waals surface area (Å²) in [7, 11) is 0.